The molecule has 0 aromatic heterocycles. The van der Waals surface area contributed by atoms with Crippen molar-refractivity contribution in [1.82, 2.24) is 0 Å². The molecule has 1 N–H and O–H groups in total. The van der Waals surface area contributed by atoms with E-state index >= 15 is 0 Å². The summed E-state index contributed by atoms with van der Waals surface area (Å²) in [5.74, 6) is 0.107. The molecule has 3 rings (SSSR count). The van der Waals surface area contributed by atoms with Gasteiger partial charge in [-0.15, -0.1) is 0 Å². The van der Waals surface area contributed by atoms with Gasteiger partial charge in [-0.3, -0.25) is 4.79 Å². The molecule has 5 nitrogen and oxygen atoms in total. The summed E-state index contributed by atoms with van der Waals surface area (Å²) in [4.78, 5) is 14.0. The molecule has 1 unspecified atom stereocenters. The first kappa shape index (κ1) is 12.5. The molecule has 2 heterocycles. The van der Waals surface area contributed by atoms with Gasteiger partial charge in [0, 0.05) is 13.0 Å². The molecule has 1 aromatic carbocycles. The molecule has 6 heteroatoms. The maximum absolute atomic E-state index is 11.9. The summed E-state index contributed by atoms with van der Waals surface area (Å²) in [6.45, 7) is 2.44. The summed E-state index contributed by atoms with van der Waals surface area (Å²) < 4.78 is 23.5. The van der Waals surface area contributed by atoms with E-state index in [-0.39, 0.29) is 29.9 Å². The van der Waals surface area contributed by atoms with Crippen LogP contribution in [0.15, 0.2) is 18.2 Å². The molecule has 0 spiro atoms. The predicted molar refractivity (Wildman–Crippen MR) is 74.2 cm³/mol. The number of para-hydroxylation sites is 1. The van der Waals surface area contributed by atoms with Crippen LogP contribution >= 0.6 is 0 Å². The second-order valence-electron chi connectivity index (χ2n) is 5.18. The highest BCUT2D eigenvalue weighted by Gasteiger charge is 2.36. The van der Waals surface area contributed by atoms with Crippen molar-refractivity contribution in [2.45, 2.75) is 19.4 Å². The molecule has 0 bridgehead atoms. The number of rotatable bonds is 0. The number of aryl methyl sites for hydroxylation is 1. The highest BCUT2D eigenvalue weighted by atomic mass is 32.2. The third kappa shape index (κ3) is 2.20. The van der Waals surface area contributed by atoms with Crippen molar-refractivity contribution in [1.29, 1.82) is 0 Å². The van der Waals surface area contributed by atoms with Crippen molar-refractivity contribution in [2.24, 2.45) is 0 Å². The van der Waals surface area contributed by atoms with Crippen molar-refractivity contribution in [3.05, 3.63) is 23.8 Å². The minimum absolute atomic E-state index is 0.0637. The molecule has 2 aliphatic rings. The predicted octanol–water partition coefficient (Wildman–Crippen LogP) is 0.941. The average molecular weight is 280 g/mol. The maximum atomic E-state index is 11.9. The van der Waals surface area contributed by atoms with E-state index in [4.69, 9.17) is 0 Å². The van der Waals surface area contributed by atoms with E-state index in [1.807, 2.05) is 25.1 Å². The lowest BCUT2D eigenvalue weighted by Gasteiger charge is -2.36. The Bertz CT molecular complexity index is 639. The summed E-state index contributed by atoms with van der Waals surface area (Å²) in [6.07, 6.45) is 0.230. The Balaban J connectivity index is 2.10. The number of nitrogens with zero attached hydrogens (tertiary/aromatic N) is 1. The highest BCUT2D eigenvalue weighted by Crippen LogP contribution is 2.36. The first-order valence-corrected chi connectivity index (χ1v) is 8.15. The molecule has 19 heavy (non-hydrogen) atoms. The minimum Gasteiger partial charge on any atom is -0.364 e. The lowest BCUT2D eigenvalue weighted by Crippen LogP contribution is -2.49. The molecular formula is C13H16N2O3S. The third-order valence-electron chi connectivity index (χ3n) is 3.75. The van der Waals surface area contributed by atoms with Gasteiger partial charge in [-0.2, -0.15) is 0 Å². The Hall–Kier alpha value is -1.56. The zero-order valence-electron chi connectivity index (χ0n) is 10.7. The number of fused-ring (bicyclic) bond motifs is 3. The molecule has 1 aromatic rings. The van der Waals surface area contributed by atoms with Crippen molar-refractivity contribution >= 4 is 27.1 Å². The lowest BCUT2D eigenvalue weighted by molar-refractivity contribution is -0.116. The summed E-state index contributed by atoms with van der Waals surface area (Å²) in [6, 6.07) is 5.50. The minimum atomic E-state index is -3.03. The van der Waals surface area contributed by atoms with Gasteiger partial charge in [0.05, 0.1) is 28.9 Å². The summed E-state index contributed by atoms with van der Waals surface area (Å²) >= 11 is 0. The zero-order valence-corrected chi connectivity index (χ0v) is 11.5. The Morgan fingerprint density at radius 3 is 2.95 bits per heavy atom. The maximum Gasteiger partial charge on any atom is 0.226 e. The van der Waals surface area contributed by atoms with Crippen molar-refractivity contribution in [3.8, 4) is 0 Å². The van der Waals surface area contributed by atoms with Gasteiger partial charge >= 0.3 is 0 Å². The van der Waals surface area contributed by atoms with Crippen molar-refractivity contribution < 1.29 is 13.2 Å². The first-order chi connectivity index (χ1) is 8.96. The van der Waals surface area contributed by atoms with E-state index < -0.39 is 9.84 Å². The summed E-state index contributed by atoms with van der Waals surface area (Å²) in [5.41, 5.74) is 2.81. The molecule has 0 saturated carbocycles. The summed E-state index contributed by atoms with van der Waals surface area (Å²) in [5, 5.41) is 2.87. The number of sulfone groups is 1. The van der Waals surface area contributed by atoms with Crippen LogP contribution < -0.4 is 10.2 Å². The van der Waals surface area contributed by atoms with E-state index in [2.05, 4.69) is 10.2 Å². The van der Waals surface area contributed by atoms with Crippen LogP contribution in [-0.2, 0) is 14.6 Å². The van der Waals surface area contributed by atoms with Gasteiger partial charge in [-0.1, -0.05) is 12.1 Å². The number of nitrogens with one attached hydrogen (secondary N) is 1. The second-order valence-corrected chi connectivity index (χ2v) is 7.41. The van der Waals surface area contributed by atoms with Crippen LogP contribution in [0.1, 0.15) is 12.0 Å². The van der Waals surface area contributed by atoms with Crippen LogP contribution in [0.2, 0.25) is 0 Å². The van der Waals surface area contributed by atoms with E-state index in [9.17, 15) is 13.2 Å². The smallest absolute Gasteiger partial charge is 0.226 e. The molecule has 1 amide bonds. The number of amides is 1. The number of benzene rings is 1. The van der Waals surface area contributed by atoms with Gasteiger partial charge < -0.3 is 10.2 Å². The summed E-state index contributed by atoms with van der Waals surface area (Å²) in [7, 11) is -3.03. The van der Waals surface area contributed by atoms with E-state index in [1.165, 1.54) is 0 Å². The Morgan fingerprint density at radius 2 is 2.16 bits per heavy atom. The Kier molecular flexibility index (Phi) is 2.78. The van der Waals surface area contributed by atoms with Gasteiger partial charge in [-0.05, 0) is 18.6 Å². The van der Waals surface area contributed by atoms with Crippen LogP contribution in [0.5, 0.6) is 0 Å². The number of carbonyl (C=O) groups is 1. The number of hydrogen-bond acceptors (Lipinski definition) is 4. The van der Waals surface area contributed by atoms with E-state index in [1.54, 1.807) is 0 Å². The van der Waals surface area contributed by atoms with Crippen LogP contribution in [0.4, 0.5) is 11.4 Å². The fraction of sp³-hybridized carbons (Fsp3) is 0.462. The SMILES string of the molecule is Cc1cccc2c1N1CCS(=O)(=O)CC1CC(=O)N2. The van der Waals surface area contributed by atoms with Gasteiger partial charge in [0.25, 0.3) is 0 Å². The average Bonchev–Trinajstić information content (AvgIpc) is 2.43. The standard InChI is InChI=1S/C13H16N2O3S/c1-9-3-2-4-11-13(9)15-5-6-19(17,18)8-10(15)7-12(16)14-11/h2-4,10H,5-8H2,1H3,(H,14,16). The first-order valence-electron chi connectivity index (χ1n) is 6.33. The molecule has 0 aliphatic carbocycles. The fourth-order valence-corrected chi connectivity index (χ4v) is 4.43. The molecule has 1 saturated heterocycles. The van der Waals surface area contributed by atoms with Crippen molar-refractivity contribution in [3.63, 3.8) is 0 Å². The third-order valence-corrected chi connectivity index (χ3v) is 5.45. The number of hydrogen-bond donors (Lipinski definition) is 1. The largest absolute Gasteiger partial charge is 0.364 e. The van der Waals surface area contributed by atoms with Gasteiger partial charge in [0.2, 0.25) is 5.91 Å². The van der Waals surface area contributed by atoms with Crippen LogP contribution in [0.3, 0.4) is 0 Å². The zero-order chi connectivity index (χ0) is 13.6. The Morgan fingerprint density at radius 1 is 1.37 bits per heavy atom. The van der Waals surface area contributed by atoms with Crippen molar-refractivity contribution in [2.75, 3.05) is 28.3 Å². The van der Waals surface area contributed by atoms with E-state index in [0.29, 0.717) is 6.54 Å². The van der Waals surface area contributed by atoms with Crippen LogP contribution in [-0.4, -0.2) is 38.4 Å². The van der Waals surface area contributed by atoms with Crippen LogP contribution in [0, 0.1) is 6.92 Å². The normalized spacial score (nSPS) is 25.0. The molecule has 102 valence electrons. The Labute approximate surface area is 112 Å². The molecule has 1 atom stereocenters. The molecular weight excluding hydrogens is 264 g/mol. The quantitative estimate of drug-likeness (QED) is 0.768. The van der Waals surface area contributed by atoms with Crippen LogP contribution in [0.25, 0.3) is 0 Å². The monoisotopic (exact) mass is 280 g/mol. The topological polar surface area (TPSA) is 66.5 Å². The van der Waals surface area contributed by atoms with E-state index in [0.717, 1.165) is 16.9 Å². The lowest BCUT2D eigenvalue weighted by atomic mass is 10.1. The second kappa shape index (κ2) is 4.23. The van der Waals surface area contributed by atoms with Gasteiger partial charge in [-0.25, -0.2) is 8.42 Å². The number of carbonyl (C=O) groups excluding carboxylic acids is 1. The fourth-order valence-electron chi connectivity index (χ4n) is 2.91. The molecule has 2 aliphatic heterocycles. The van der Waals surface area contributed by atoms with Gasteiger partial charge in [0.1, 0.15) is 0 Å². The molecule has 1 fully saturated rings. The van der Waals surface area contributed by atoms with Gasteiger partial charge in [0.15, 0.2) is 9.84 Å². The highest BCUT2D eigenvalue weighted by molar-refractivity contribution is 7.91. The molecule has 0 radical (unpaired) electrons. The number of anilines is 2.